The van der Waals surface area contributed by atoms with Crippen molar-refractivity contribution in [3.8, 4) is 0 Å². The van der Waals surface area contributed by atoms with Crippen LogP contribution in [0.15, 0.2) is 0 Å². The van der Waals surface area contributed by atoms with Crippen molar-refractivity contribution in [2.75, 3.05) is 19.8 Å². The Balaban J connectivity index is 2.39. The third kappa shape index (κ3) is 5.49. The summed E-state index contributed by atoms with van der Waals surface area (Å²) in [4.78, 5) is 12.2. The molecule has 0 saturated carbocycles. The summed E-state index contributed by atoms with van der Waals surface area (Å²) in [5, 5.41) is 12.6. The quantitative estimate of drug-likeness (QED) is 0.776. The predicted octanol–water partition coefficient (Wildman–Crippen LogP) is 1.96. The highest BCUT2D eigenvalue weighted by Gasteiger charge is 2.31. The zero-order chi connectivity index (χ0) is 14.5. The zero-order valence-corrected chi connectivity index (χ0v) is 12.7. The highest BCUT2D eigenvalue weighted by atomic mass is 16.5. The largest absolute Gasteiger partial charge is 0.391 e. The van der Waals surface area contributed by atoms with Crippen LogP contribution in [-0.4, -0.2) is 36.9 Å². The number of carbonyl (C=O) groups excluding carboxylic acids is 1. The second-order valence-corrected chi connectivity index (χ2v) is 6.67. The Morgan fingerprint density at radius 3 is 2.47 bits per heavy atom. The second-order valence-electron chi connectivity index (χ2n) is 6.67. The van der Waals surface area contributed by atoms with Crippen LogP contribution >= 0.6 is 0 Å². The fraction of sp³-hybridized carbons (Fsp3) is 0.933. The Morgan fingerprint density at radius 1 is 1.37 bits per heavy atom. The van der Waals surface area contributed by atoms with Crippen LogP contribution in [0.1, 0.15) is 47.0 Å². The van der Waals surface area contributed by atoms with E-state index in [-0.39, 0.29) is 17.2 Å². The molecule has 19 heavy (non-hydrogen) atoms. The standard InChI is InChI=1S/C15H29NO3/c1-11(2)13(17)10-16-14(18)15(3,4)9-12-5-7-19-8-6-12/h11-13,17H,5-10H2,1-4H3,(H,16,18). The molecule has 0 radical (unpaired) electrons. The van der Waals surface area contributed by atoms with Gasteiger partial charge >= 0.3 is 0 Å². The topological polar surface area (TPSA) is 58.6 Å². The maximum atomic E-state index is 12.2. The van der Waals surface area contributed by atoms with Gasteiger partial charge in [-0.25, -0.2) is 0 Å². The van der Waals surface area contributed by atoms with E-state index in [2.05, 4.69) is 5.32 Å². The van der Waals surface area contributed by atoms with Crippen molar-refractivity contribution in [3.63, 3.8) is 0 Å². The van der Waals surface area contributed by atoms with Crippen molar-refractivity contribution >= 4 is 5.91 Å². The highest BCUT2D eigenvalue weighted by molar-refractivity contribution is 5.81. The Kier molecular flexibility index (Phi) is 6.27. The summed E-state index contributed by atoms with van der Waals surface area (Å²) in [7, 11) is 0. The van der Waals surface area contributed by atoms with Gasteiger partial charge in [0.25, 0.3) is 0 Å². The van der Waals surface area contributed by atoms with Gasteiger partial charge in [0, 0.05) is 25.2 Å². The third-order valence-electron chi connectivity index (χ3n) is 4.00. The van der Waals surface area contributed by atoms with Gasteiger partial charge in [0.2, 0.25) is 5.91 Å². The SMILES string of the molecule is CC(C)C(O)CNC(=O)C(C)(C)CC1CCOCC1. The van der Waals surface area contributed by atoms with Crippen LogP contribution in [0.25, 0.3) is 0 Å². The number of ether oxygens (including phenoxy) is 1. The first kappa shape index (κ1) is 16.4. The molecule has 0 aliphatic carbocycles. The lowest BCUT2D eigenvalue weighted by atomic mass is 9.79. The maximum Gasteiger partial charge on any atom is 0.225 e. The molecule has 0 aromatic heterocycles. The molecule has 1 aliphatic rings. The monoisotopic (exact) mass is 271 g/mol. The first-order valence-electron chi connectivity index (χ1n) is 7.37. The van der Waals surface area contributed by atoms with Crippen molar-refractivity contribution in [3.05, 3.63) is 0 Å². The third-order valence-corrected chi connectivity index (χ3v) is 4.00. The highest BCUT2D eigenvalue weighted by Crippen LogP contribution is 2.31. The first-order chi connectivity index (χ1) is 8.83. The van der Waals surface area contributed by atoms with Gasteiger partial charge in [-0.15, -0.1) is 0 Å². The summed E-state index contributed by atoms with van der Waals surface area (Å²) in [5.41, 5.74) is -0.376. The van der Waals surface area contributed by atoms with E-state index in [1.54, 1.807) is 0 Å². The molecule has 0 aromatic carbocycles. The average molecular weight is 271 g/mol. The van der Waals surface area contributed by atoms with E-state index in [1.807, 2.05) is 27.7 Å². The summed E-state index contributed by atoms with van der Waals surface area (Å²) < 4.78 is 5.35. The number of aliphatic hydroxyl groups excluding tert-OH is 1. The average Bonchev–Trinajstić information content (AvgIpc) is 2.35. The van der Waals surface area contributed by atoms with E-state index in [4.69, 9.17) is 4.74 Å². The first-order valence-corrected chi connectivity index (χ1v) is 7.37. The molecule has 1 aliphatic heterocycles. The van der Waals surface area contributed by atoms with Gasteiger partial charge < -0.3 is 15.2 Å². The van der Waals surface area contributed by atoms with Crippen LogP contribution in [0.4, 0.5) is 0 Å². The predicted molar refractivity (Wildman–Crippen MR) is 75.8 cm³/mol. The van der Waals surface area contributed by atoms with E-state index in [0.29, 0.717) is 12.5 Å². The molecule has 2 N–H and O–H groups in total. The molecule has 1 unspecified atom stereocenters. The Hall–Kier alpha value is -0.610. The molecular weight excluding hydrogens is 242 g/mol. The van der Waals surface area contributed by atoms with Crippen molar-refractivity contribution in [1.29, 1.82) is 0 Å². The van der Waals surface area contributed by atoms with Crippen molar-refractivity contribution in [1.82, 2.24) is 5.32 Å². The molecule has 0 spiro atoms. The van der Waals surface area contributed by atoms with Gasteiger partial charge in [-0.3, -0.25) is 4.79 Å². The van der Waals surface area contributed by atoms with E-state index >= 15 is 0 Å². The second kappa shape index (κ2) is 7.25. The number of rotatable bonds is 6. The van der Waals surface area contributed by atoms with Crippen LogP contribution < -0.4 is 5.32 Å². The Bertz CT molecular complexity index is 283. The summed E-state index contributed by atoms with van der Waals surface area (Å²) in [5.74, 6) is 0.780. The molecule has 4 heteroatoms. The fourth-order valence-corrected chi connectivity index (χ4v) is 2.44. The lowest BCUT2D eigenvalue weighted by molar-refractivity contribution is -0.131. The summed E-state index contributed by atoms with van der Waals surface area (Å²) in [6, 6.07) is 0. The van der Waals surface area contributed by atoms with Crippen LogP contribution in [0.3, 0.4) is 0 Å². The van der Waals surface area contributed by atoms with Crippen LogP contribution in [0, 0.1) is 17.3 Å². The number of aliphatic hydroxyl groups is 1. The molecule has 1 saturated heterocycles. The molecule has 0 bridgehead atoms. The van der Waals surface area contributed by atoms with Gasteiger partial charge in [0.1, 0.15) is 0 Å². The smallest absolute Gasteiger partial charge is 0.225 e. The number of nitrogens with one attached hydrogen (secondary N) is 1. The Morgan fingerprint density at radius 2 is 1.95 bits per heavy atom. The molecule has 0 aromatic rings. The normalized spacial score (nSPS) is 19.5. The minimum atomic E-state index is -0.470. The molecule has 112 valence electrons. The summed E-state index contributed by atoms with van der Waals surface area (Å²) in [6.07, 6.45) is 2.51. The molecule has 1 rings (SSSR count). The van der Waals surface area contributed by atoms with Crippen molar-refractivity contribution < 1.29 is 14.6 Å². The zero-order valence-electron chi connectivity index (χ0n) is 12.7. The lowest BCUT2D eigenvalue weighted by Crippen LogP contribution is -2.43. The fourth-order valence-electron chi connectivity index (χ4n) is 2.44. The summed E-state index contributed by atoms with van der Waals surface area (Å²) >= 11 is 0. The number of hydrogen-bond donors (Lipinski definition) is 2. The van der Waals surface area contributed by atoms with E-state index in [1.165, 1.54) is 0 Å². The molecule has 4 nitrogen and oxygen atoms in total. The molecule has 1 amide bonds. The Labute approximate surface area is 116 Å². The summed E-state index contributed by atoms with van der Waals surface area (Å²) in [6.45, 7) is 9.84. The van der Waals surface area contributed by atoms with Gasteiger partial charge in [-0.05, 0) is 31.1 Å². The van der Waals surface area contributed by atoms with Crippen LogP contribution in [0.5, 0.6) is 0 Å². The molecule has 1 fully saturated rings. The van der Waals surface area contributed by atoms with Gasteiger partial charge in [0.05, 0.1) is 6.10 Å². The minimum Gasteiger partial charge on any atom is -0.391 e. The van der Waals surface area contributed by atoms with Crippen LogP contribution in [-0.2, 0) is 9.53 Å². The maximum absolute atomic E-state index is 12.2. The van der Waals surface area contributed by atoms with E-state index in [9.17, 15) is 9.90 Å². The number of carbonyl (C=O) groups is 1. The van der Waals surface area contributed by atoms with Gasteiger partial charge in [-0.2, -0.15) is 0 Å². The van der Waals surface area contributed by atoms with E-state index in [0.717, 1.165) is 32.5 Å². The molecule has 1 heterocycles. The molecule has 1 atom stereocenters. The number of hydrogen-bond acceptors (Lipinski definition) is 3. The van der Waals surface area contributed by atoms with E-state index < -0.39 is 6.10 Å². The van der Waals surface area contributed by atoms with Crippen molar-refractivity contribution in [2.45, 2.75) is 53.1 Å². The van der Waals surface area contributed by atoms with Gasteiger partial charge in [-0.1, -0.05) is 27.7 Å². The number of amides is 1. The molecular formula is C15H29NO3. The van der Waals surface area contributed by atoms with Crippen LogP contribution in [0.2, 0.25) is 0 Å². The minimum absolute atomic E-state index is 0.0405. The van der Waals surface area contributed by atoms with Crippen molar-refractivity contribution in [2.24, 2.45) is 17.3 Å². The lowest BCUT2D eigenvalue weighted by Gasteiger charge is -2.31. The van der Waals surface area contributed by atoms with Gasteiger partial charge in [0.15, 0.2) is 0 Å².